The van der Waals surface area contributed by atoms with Gasteiger partial charge in [-0.2, -0.15) is 9.98 Å². The van der Waals surface area contributed by atoms with Gasteiger partial charge in [-0.05, 0) is 38.0 Å². The molecule has 6 nitrogen and oxygen atoms in total. The minimum absolute atomic E-state index is 0.178. The Morgan fingerprint density at radius 2 is 1.88 bits per heavy atom. The molecule has 3 rings (SSSR count). The highest BCUT2D eigenvalue weighted by Gasteiger charge is 2.14. The molecule has 0 saturated heterocycles. The van der Waals surface area contributed by atoms with Crippen LogP contribution >= 0.6 is 23.2 Å². The molecule has 8 heteroatoms. The van der Waals surface area contributed by atoms with Gasteiger partial charge < -0.3 is 16.4 Å². The van der Waals surface area contributed by atoms with Crippen molar-refractivity contribution < 1.29 is 0 Å². The summed E-state index contributed by atoms with van der Waals surface area (Å²) in [5, 5.41) is 7.37. The average Bonchev–Trinajstić information content (AvgIpc) is 2.58. The first-order valence-electron chi connectivity index (χ1n) is 8.68. The van der Waals surface area contributed by atoms with Gasteiger partial charge in [0.2, 0.25) is 5.96 Å². The number of benzene rings is 1. The normalized spacial score (nSPS) is 15.7. The highest BCUT2D eigenvalue weighted by atomic mass is 35.5. The van der Waals surface area contributed by atoms with Gasteiger partial charge in [-0.3, -0.25) is 0 Å². The first-order chi connectivity index (χ1) is 12.5. The fourth-order valence-corrected chi connectivity index (χ4v) is 3.29. The molecule has 138 valence electrons. The van der Waals surface area contributed by atoms with Crippen LogP contribution in [0.25, 0.3) is 0 Å². The largest absolute Gasteiger partial charge is 0.369 e. The molecule has 0 aliphatic heterocycles. The van der Waals surface area contributed by atoms with Gasteiger partial charge in [0.05, 0.1) is 10.0 Å². The van der Waals surface area contributed by atoms with Crippen molar-refractivity contribution in [2.45, 2.75) is 45.1 Å². The fraction of sp³-hybridized carbons (Fsp3) is 0.389. The van der Waals surface area contributed by atoms with Gasteiger partial charge >= 0.3 is 0 Å². The lowest BCUT2D eigenvalue weighted by Crippen LogP contribution is -2.23. The van der Waals surface area contributed by atoms with Crippen molar-refractivity contribution in [1.82, 2.24) is 9.97 Å². The number of anilines is 2. The van der Waals surface area contributed by atoms with Crippen LogP contribution in [0.2, 0.25) is 10.0 Å². The average molecular weight is 393 g/mol. The van der Waals surface area contributed by atoms with E-state index < -0.39 is 0 Å². The molecule has 1 fully saturated rings. The van der Waals surface area contributed by atoms with Gasteiger partial charge in [0, 0.05) is 23.5 Å². The maximum Gasteiger partial charge on any atom is 0.254 e. The number of hydrogen-bond acceptors (Lipinski definition) is 4. The van der Waals surface area contributed by atoms with Crippen LogP contribution in [0.4, 0.5) is 17.5 Å². The Hall–Kier alpha value is -2.05. The minimum Gasteiger partial charge on any atom is -0.369 e. The van der Waals surface area contributed by atoms with Gasteiger partial charge in [0.1, 0.15) is 5.82 Å². The lowest BCUT2D eigenvalue weighted by Gasteiger charge is -2.23. The summed E-state index contributed by atoms with van der Waals surface area (Å²) in [5.74, 6) is 1.27. The zero-order valence-electron chi connectivity index (χ0n) is 14.6. The van der Waals surface area contributed by atoms with E-state index in [1.165, 1.54) is 32.1 Å². The smallest absolute Gasteiger partial charge is 0.254 e. The van der Waals surface area contributed by atoms with Crippen LogP contribution in [0.3, 0.4) is 0 Å². The van der Waals surface area contributed by atoms with Crippen molar-refractivity contribution >= 4 is 46.6 Å². The number of aromatic nitrogens is 2. The molecule has 0 bridgehead atoms. The van der Waals surface area contributed by atoms with E-state index in [2.05, 4.69) is 25.6 Å². The zero-order chi connectivity index (χ0) is 18.5. The summed E-state index contributed by atoms with van der Waals surface area (Å²) in [7, 11) is 0. The van der Waals surface area contributed by atoms with Crippen LogP contribution in [0.15, 0.2) is 29.3 Å². The summed E-state index contributed by atoms with van der Waals surface area (Å²) < 4.78 is 0. The lowest BCUT2D eigenvalue weighted by molar-refractivity contribution is 0.462. The summed E-state index contributed by atoms with van der Waals surface area (Å²) in [6, 6.07) is 7.52. The van der Waals surface area contributed by atoms with E-state index in [1.54, 1.807) is 18.2 Å². The first kappa shape index (κ1) is 18.7. The fourth-order valence-electron chi connectivity index (χ4n) is 2.99. The topological polar surface area (TPSA) is 88.2 Å². The van der Waals surface area contributed by atoms with Gasteiger partial charge in [-0.15, -0.1) is 0 Å². The van der Waals surface area contributed by atoms with Crippen LogP contribution in [0, 0.1) is 6.92 Å². The third-order valence-corrected chi connectivity index (χ3v) is 4.95. The van der Waals surface area contributed by atoms with Crippen molar-refractivity contribution in [2.24, 2.45) is 10.7 Å². The summed E-state index contributed by atoms with van der Waals surface area (Å²) in [5.41, 5.74) is 7.49. The minimum atomic E-state index is 0.178. The van der Waals surface area contributed by atoms with Crippen molar-refractivity contribution in [2.75, 3.05) is 10.6 Å². The van der Waals surface area contributed by atoms with E-state index in [-0.39, 0.29) is 5.96 Å². The van der Waals surface area contributed by atoms with E-state index in [4.69, 9.17) is 28.9 Å². The first-order valence-corrected chi connectivity index (χ1v) is 9.43. The highest BCUT2D eigenvalue weighted by molar-refractivity contribution is 6.42. The molecular formula is C18H22Cl2N6. The number of nitrogens with one attached hydrogen (secondary N) is 2. The van der Waals surface area contributed by atoms with Crippen LogP contribution in [0.1, 0.15) is 37.8 Å². The third kappa shape index (κ3) is 5.22. The monoisotopic (exact) mass is 392 g/mol. The number of guanidine groups is 1. The molecule has 0 amide bonds. The second-order valence-electron chi connectivity index (χ2n) is 6.42. The molecule has 0 unspecified atom stereocenters. The highest BCUT2D eigenvalue weighted by Crippen LogP contribution is 2.25. The van der Waals surface area contributed by atoms with E-state index in [0.717, 1.165) is 11.5 Å². The van der Waals surface area contributed by atoms with Crippen molar-refractivity contribution in [3.63, 3.8) is 0 Å². The molecule has 1 saturated carbocycles. The number of aryl methyl sites for hydroxylation is 1. The number of aliphatic imine (C=N–C) groups is 1. The van der Waals surface area contributed by atoms with Crippen LogP contribution in [-0.2, 0) is 0 Å². The maximum absolute atomic E-state index is 6.01. The van der Waals surface area contributed by atoms with Crippen molar-refractivity contribution in [3.05, 3.63) is 40.0 Å². The molecule has 1 aromatic heterocycles. The molecule has 26 heavy (non-hydrogen) atoms. The second-order valence-corrected chi connectivity index (χ2v) is 7.24. The SMILES string of the molecule is Cc1cc(NC2CCCCC2)nc(N=C(N)Nc2ccc(Cl)c(Cl)c2)n1. The summed E-state index contributed by atoms with van der Waals surface area (Å²) in [6.45, 7) is 1.91. The Morgan fingerprint density at radius 3 is 2.62 bits per heavy atom. The number of hydrogen-bond donors (Lipinski definition) is 3. The van der Waals surface area contributed by atoms with Gasteiger partial charge in [-0.25, -0.2) is 4.98 Å². The Morgan fingerprint density at radius 1 is 1.12 bits per heavy atom. The second kappa shape index (κ2) is 8.56. The number of nitrogens with two attached hydrogens (primary N) is 1. The number of nitrogens with zero attached hydrogens (tertiary/aromatic N) is 3. The van der Waals surface area contributed by atoms with Gasteiger partial charge in [0.15, 0.2) is 0 Å². The molecule has 4 N–H and O–H groups in total. The van der Waals surface area contributed by atoms with E-state index in [9.17, 15) is 0 Å². The van der Waals surface area contributed by atoms with E-state index in [1.807, 2.05) is 13.0 Å². The van der Waals surface area contributed by atoms with Gasteiger partial charge in [0.25, 0.3) is 5.95 Å². The summed E-state index contributed by atoms with van der Waals surface area (Å²) >= 11 is 11.9. The molecule has 1 aliphatic rings. The molecular weight excluding hydrogens is 371 g/mol. The molecule has 0 atom stereocenters. The van der Waals surface area contributed by atoms with E-state index in [0.29, 0.717) is 27.7 Å². The Kier molecular flexibility index (Phi) is 6.16. The third-order valence-electron chi connectivity index (χ3n) is 4.21. The predicted octanol–water partition coefficient (Wildman–Crippen LogP) is 4.89. The maximum atomic E-state index is 6.01. The van der Waals surface area contributed by atoms with E-state index >= 15 is 0 Å². The zero-order valence-corrected chi connectivity index (χ0v) is 16.1. The molecule has 1 aliphatic carbocycles. The lowest BCUT2D eigenvalue weighted by atomic mass is 9.95. The number of halogens is 2. The summed E-state index contributed by atoms with van der Waals surface area (Å²) in [6.07, 6.45) is 6.17. The Labute approximate surface area is 163 Å². The molecule has 0 radical (unpaired) electrons. The van der Waals surface area contributed by atoms with Crippen LogP contribution in [0.5, 0.6) is 0 Å². The predicted molar refractivity (Wildman–Crippen MR) is 109 cm³/mol. The van der Waals surface area contributed by atoms with Crippen LogP contribution in [-0.4, -0.2) is 22.0 Å². The molecule has 2 aromatic rings. The van der Waals surface area contributed by atoms with Gasteiger partial charge in [-0.1, -0.05) is 42.5 Å². The summed E-state index contributed by atoms with van der Waals surface area (Å²) in [4.78, 5) is 13.1. The van der Waals surface area contributed by atoms with Crippen molar-refractivity contribution in [1.29, 1.82) is 0 Å². The molecule has 0 spiro atoms. The quantitative estimate of drug-likeness (QED) is 0.508. The standard InChI is InChI=1S/C18H22Cl2N6/c1-11-9-16(23-12-5-3-2-4-6-12)25-18(22-11)26-17(21)24-13-7-8-14(19)15(20)10-13/h7-10,12H,2-6H2,1H3,(H4,21,22,23,24,25,26). The Bertz CT molecular complexity index is 802. The number of rotatable bonds is 4. The van der Waals surface area contributed by atoms with Crippen LogP contribution < -0.4 is 16.4 Å². The molecule has 1 aromatic carbocycles. The Balaban J connectivity index is 1.72. The molecule has 1 heterocycles. The van der Waals surface area contributed by atoms with Crippen molar-refractivity contribution in [3.8, 4) is 0 Å².